The molecular weight excluding hydrogens is 714 g/mol. The molecule has 10 heteroatoms. The molecule has 1 amide bonds. The van der Waals surface area contributed by atoms with Crippen molar-refractivity contribution >= 4 is 43.7 Å². The van der Waals surface area contributed by atoms with E-state index < -0.39 is 11.6 Å². The molecule has 4 aromatic rings. The van der Waals surface area contributed by atoms with Gasteiger partial charge in [0.25, 0.3) is 5.91 Å². The lowest BCUT2D eigenvalue weighted by molar-refractivity contribution is -0.130. The number of nitrogens with one attached hydrogen (secondary N) is 2. The van der Waals surface area contributed by atoms with Crippen LogP contribution in [0, 0.1) is 0 Å². The Balaban J connectivity index is 1.45. The molecule has 0 unspecified atom stereocenters. The molecule has 0 fully saturated rings. The SMILES string of the molecule is CCOc1ccccc1CCNNC(=O)[C@@]1(Cc2ccc(Br)cc2)N=C(c2ccc(OCCCO)cc2)O[C@H]1c1ccc(Br)cc1. The minimum Gasteiger partial charge on any atom is -0.494 e. The van der Waals surface area contributed by atoms with Crippen LogP contribution in [0.2, 0.25) is 0 Å². The van der Waals surface area contributed by atoms with Gasteiger partial charge in [-0.15, -0.1) is 0 Å². The van der Waals surface area contributed by atoms with Crippen molar-refractivity contribution in [1.82, 2.24) is 10.9 Å². The monoisotopic (exact) mass is 749 g/mol. The summed E-state index contributed by atoms with van der Waals surface area (Å²) in [7, 11) is 0. The number of amides is 1. The van der Waals surface area contributed by atoms with Gasteiger partial charge in [-0.2, -0.15) is 0 Å². The zero-order chi connectivity index (χ0) is 32.4. The van der Waals surface area contributed by atoms with Gasteiger partial charge in [0.15, 0.2) is 11.6 Å². The van der Waals surface area contributed by atoms with Gasteiger partial charge in [0.05, 0.1) is 13.2 Å². The molecule has 0 saturated carbocycles. The molecule has 0 bridgehead atoms. The molecule has 1 heterocycles. The van der Waals surface area contributed by atoms with E-state index in [9.17, 15) is 4.79 Å². The largest absolute Gasteiger partial charge is 0.494 e. The highest BCUT2D eigenvalue weighted by molar-refractivity contribution is 9.10. The fraction of sp³-hybridized carbons (Fsp3) is 0.278. The van der Waals surface area contributed by atoms with Crippen LogP contribution in [-0.4, -0.2) is 48.8 Å². The maximum absolute atomic E-state index is 14.4. The number of nitrogens with zero attached hydrogens (tertiary/aromatic N) is 1. The van der Waals surface area contributed by atoms with Crippen LogP contribution in [0.25, 0.3) is 0 Å². The van der Waals surface area contributed by atoms with E-state index in [0.29, 0.717) is 50.7 Å². The number of hydrogen-bond donors (Lipinski definition) is 3. The van der Waals surface area contributed by atoms with Crippen molar-refractivity contribution in [2.45, 2.75) is 37.8 Å². The molecule has 3 N–H and O–H groups in total. The summed E-state index contributed by atoms with van der Waals surface area (Å²) < 4.78 is 20.0. The van der Waals surface area contributed by atoms with Crippen LogP contribution in [0.3, 0.4) is 0 Å². The lowest BCUT2D eigenvalue weighted by atomic mass is 9.82. The van der Waals surface area contributed by atoms with Crippen LogP contribution < -0.4 is 20.3 Å². The van der Waals surface area contributed by atoms with Crippen molar-refractivity contribution in [2.24, 2.45) is 4.99 Å². The molecule has 0 saturated heterocycles. The Labute approximate surface area is 286 Å². The van der Waals surface area contributed by atoms with Crippen molar-refractivity contribution in [1.29, 1.82) is 0 Å². The van der Waals surface area contributed by atoms with Gasteiger partial charge in [-0.05, 0) is 84.6 Å². The second-order valence-electron chi connectivity index (χ2n) is 10.8. The van der Waals surface area contributed by atoms with Crippen LogP contribution >= 0.6 is 31.9 Å². The molecule has 5 rings (SSSR count). The summed E-state index contributed by atoms with van der Waals surface area (Å²) in [6.45, 7) is 3.51. The van der Waals surface area contributed by atoms with Gasteiger partial charge in [-0.3, -0.25) is 10.2 Å². The first-order valence-electron chi connectivity index (χ1n) is 15.3. The van der Waals surface area contributed by atoms with E-state index >= 15 is 0 Å². The quantitative estimate of drug-likeness (QED) is 0.0921. The minimum absolute atomic E-state index is 0.0676. The van der Waals surface area contributed by atoms with E-state index in [2.05, 4.69) is 42.7 Å². The molecule has 46 heavy (non-hydrogen) atoms. The number of ether oxygens (including phenoxy) is 3. The number of aliphatic imine (C=N–C) groups is 1. The first-order valence-corrected chi connectivity index (χ1v) is 16.8. The summed E-state index contributed by atoms with van der Waals surface area (Å²) in [5.74, 6) is 1.57. The van der Waals surface area contributed by atoms with Crippen molar-refractivity contribution in [2.75, 3.05) is 26.4 Å². The van der Waals surface area contributed by atoms with E-state index in [1.54, 1.807) is 0 Å². The Morgan fingerprint density at radius 3 is 2.33 bits per heavy atom. The van der Waals surface area contributed by atoms with Gasteiger partial charge in [0, 0.05) is 40.5 Å². The van der Waals surface area contributed by atoms with Crippen LogP contribution in [0.4, 0.5) is 0 Å². The van der Waals surface area contributed by atoms with Crippen molar-refractivity contribution in [3.05, 3.63) is 128 Å². The molecule has 8 nitrogen and oxygen atoms in total. The fourth-order valence-electron chi connectivity index (χ4n) is 5.29. The lowest BCUT2D eigenvalue weighted by Crippen LogP contribution is -2.54. The summed E-state index contributed by atoms with van der Waals surface area (Å²) in [5.41, 5.74) is 8.31. The molecule has 0 spiro atoms. The average molecular weight is 752 g/mol. The molecule has 1 aliphatic heterocycles. The van der Waals surface area contributed by atoms with Crippen LogP contribution in [0.1, 0.15) is 41.7 Å². The summed E-state index contributed by atoms with van der Waals surface area (Å²) in [6.07, 6.45) is 0.797. The first-order chi connectivity index (χ1) is 22.4. The zero-order valence-corrected chi connectivity index (χ0v) is 28.7. The highest BCUT2D eigenvalue weighted by atomic mass is 79.9. The number of hydrogen-bond acceptors (Lipinski definition) is 7. The number of para-hydroxylation sites is 1. The maximum Gasteiger partial charge on any atom is 0.266 e. The van der Waals surface area contributed by atoms with Gasteiger partial charge in [-0.25, -0.2) is 10.4 Å². The summed E-state index contributed by atoms with van der Waals surface area (Å²) in [4.78, 5) is 19.5. The van der Waals surface area contributed by atoms with Gasteiger partial charge < -0.3 is 19.3 Å². The van der Waals surface area contributed by atoms with Crippen LogP contribution in [0.5, 0.6) is 11.5 Å². The fourth-order valence-corrected chi connectivity index (χ4v) is 5.82. The van der Waals surface area contributed by atoms with E-state index in [1.165, 1.54) is 0 Å². The van der Waals surface area contributed by atoms with E-state index in [1.807, 2.05) is 104 Å². The van der Waals surface area contributed by atoms with Crippen molar-refractivity contribution < 1.29 is 24.1 Å². The molecule has 240 valence electrons. The van der Waals surface area contributed by atoms with Gasteiger partial charge in [0.2, 0.25) is 5.90 Å². The molecule has 0 aliphatic carbocycles. The van der Waals surface area contributed by atoms with E-state index in [-0.39, 0.29) is 12.5 Å². The molecule has 2 atom stereocenters. The summed E-state index contributed by atoms with van der Waals surface area (Å²) in [6, 6.07) is 31.0. The molecule has 0 aromatic heterocycles. The van der Waals surface area contributed by atoms with Crippen molar-refractivity contribution in [3.8, 4) is 11.5 Å². The first kappa shape index (κ1) is 33.7. The van der Waals surface area contributed by atoms with Gasteiger partial charge in [-0.1, -0.05) is 74.3 Å². The Bertz CT molecular complexity index is 1610. The third-order valence-electron chi connectivity index (χ3n) is 7.58. The average Bonchev–Trinajstić information content (AvgIpc) is 3.46. The third-order valence-corrected chi connectivity index (χ3v) is 8.64. The minimum atomic E-state index is -1.33. The summed E-state index contributed by atoms with van der Waals surface area (Å²) in [5, 5.41) is 9.07. The topological polar surface area (TPSA) is 101 Å². The van der Waals surface area contributed by atoms with Crippen LogP contribution in [-0.2, 0) is 22.4 Å². The maximum atomic E-state index is 14.4. The normalized spacial score (nSPS) is 17.2. The van der Waals surface area contributed by atoms with Crippen molar-refractivity contribution in [3.63, 3.8) is 0 Å². The standard InChI is InChI=1S/C36H37Br2N3O5/c1-2-44-32-7-4-3-6-26(32)20-21-39-41-35(43)36(24-25-8-14-29(37)15-9-25)33(27-10-16-30(38)17-11-27)46-34(40-36)28-12-18-31(19-13-28)45-23-5-22-42/h3-4,6-19,33,39,42H,2,5,20-24H2,1H3,(H,41,43)/t33-,36-/m0/s1. The predicted molar refractivity (Wildman–Crippen MR) is 186 cm³/mol. The Kier molecular flexibility index (Phi) is 11.9. The van der Waals surface area contributed by atoms with Gasteiger partial charge in [0.1, 0.15) is 11.5 Å². The Morgan fingerprint density at radius 1 is 0.935 bits per heavy atom. The second-order valence-corrected chi connectivity index (χ2v) is 12.6. The lowest BCUT2D eigenvalue weighted by Gasteiger charge is -2.31. The number of halogens is 2. The number of aliphatic hydroxyl groups is 1. The Morgan fingerprint density at radius 2 is 1.63 bits per heavy atom. The van der Waals surface area contributed by atoms with E-state index in [0.717, 1.165) is 36.9 Å². The highest BCUT2D eigenvalue weighted by Gasteiger charge is 2.53. The van der Waals surface area contributed by atoms with Gasteiger partial charge >= 0.3 is 0 Å². The van der Waals surface area contributed by atoms with E-state index in [4.69, 9.17) is 24.3 Å². The number of carbonyl (C=O) groups is 1. The number of benzene rings is 4. The second kappa shape index (κ2) is 16.2. The number of aliphatic hydroxyl groups excluding tert-OH is 1. The number of rotatable bonds is 15. The molecule has 1 aliphatic rings. The third kappa shape index (κ3) is 8.36. The Hall–Kier alpha value is -3.70. The van der Waals surface area contributed by atoms with Crippen LogP contribution in [0.15, 0.2) is 111 Å². The number of hydrazine groups is 1. The number of carbonyl (C=O) groups excluding carboxylic acids is 1. The molecule has 4 aromatic carbocycles. The molecular formula is C36H37Br2N3O5. The molecule has 0 radical (unpaired) electrons. The smallest absolute Gasteiger partial charge is 0.266 e. The summed E-state index contributed by atoms with van der Waals surface area (Å²) >= 11 is 7.05. The predicted octanol–water partition coefficient (Wildman–Crippen LogP) is 6.73. The highest BCUT2D eigenvalue weighted by Crippen LogP contribution is 2.43. The zero-order valence-electron chi connectivity index (χ0n) is 25.5.